The standard InChI is InChI=1S/C11H11NO2/c1-7-6-10(13)8-4-2-3-5-9(8)11(7)12-14/h2-5,7,14H,6H2,1H3/b12-11+. The highest BCUT2D eigenvalue weighted by atomic mass is 16.4. The molecule has 0 bridgehead atoms. The van der Waals surface area contributed by atoms with Gasteiger partial charge in [0.15, 0.2) is 5.78 Å². The first-order chi connectivity index (χ1) is 6.74. The van der Waals surface area contributed by atoms with Crippen LogP contribution in [0.3, 0.4) is 0 Å². The molecule has 0 heterocycles. The van der Waals surface area contributed by atoms with E-state index in [1.54, 1.807) is 6.07 Å². The minimum absolute atomic E-state index is 0.00222. The largest absolute Gasteiger partial charge is 0.411 e. The zero-order valence-electron chi connectivity index (χ0n) is 7.90. The molecule has 3 heteroatoms. The van der Waals surface area contributed by atoms with Gasteiger partial charge in [-0.25, -0.2) is 0 Å². The number of ketones is 1. The molecule has 1 aliphatic rings. The fourth-order valence-electron chi connectivity index (χ4n) is 1.85. The summed E-state index contributed by atoms with van der Waals surface area (Å²) in [5, 5.41) is 12.1. The minimum atomic E-state index is 0.00222. The van der Waals surface area contributed by atoms with Crippen molar-refractivity contribution in [3.63, 3.8) is 0 Å². The molecule has 0 spiro atoms. The van der Waals surface area contributed by atoms with Crippen LogP contribution >= 0.6 is 0 Å². The van der Waals surface area contributed by atoms with Gasteiger partial charge in [0.2, 0.25) is 0 Å². The lowest BCUT2D eigenvalue weighted by atomic mass is 9.82. The lowest BCUT2D eigenvalue weighted by Gasteiger charge is -2.21. The van der Waals surface area contributed by atoms with E-state index in [2.05, 4.69) is 5.16 Å². The van der Waals surface area contributed by atoms with Gasteiger partial charge in [-0.1, -0.05) is 36.3 Å². The monoisotopic (exact) mass is 189 g/mol. The Labute approximate surface area is 82.1 Å². The molecular formula is C11H11NO2. The molecular weight excluding hydrogens is 178 g/mol. The van der Waals surface area contributed by atoms with Gasteiger partial charge in [-0.3, -0.25) is 4.79 Å². The van der Waals surface area contributed by atoms with Crippen molar-refractivity contribution in [3.05, 3.63) is 35.4 Å². The van der Waals surface area contributed by atoms with Crippen molar-refractivity contribution in [1.29, 1.82) is 0 Å². The number of fused-ring (bicyclic) bond motifs is 1. The Kier molecular flexibility index (Phi) is 2.08. The molecule has 1 aromatic rings. The summed E-state index contributed by atoms with van der Waals surface area (Å²) in [5.41, 5.74) is 2.04. The molecule has 0 amide bonds. The summed E-state index contributed by atoms with van der Waals surface area (Å²) in [6, 6.07) is 7.25. The van der Waals surface area contributed by atoms with Gasteiger partial charge < -0.3 is 5.21 Å². The number of carbonyl (C=O) groups excluding carboxylic acids is 1. The third-order valence-electron chi connectivity index (χ3n) is 2.57. The smallest absolute Gasteiger partial charge is 0.164 e. The van der Waals surface area contributed by atoms with Crippen LogP contribution in [-0.4, -0.2) is 16.7 Å². The van der Waals surface area contributed by atoms with E-state index in [1.807, 2.05) is 25.1 Å². The molecule has 0 saturated heterocycles. The molecule has 1 unspecified atom stereocenters. The van der Waals surface area contributed by atoms with Gasteiger partial charge in [0.05, 0.1) is 5.71 Å². The molecule has 0 aromatic heterocycles. The molecule has 14 heavy (non-hydrogen) atoms. The van der Waals surface area contributed by atoms with Crippen LogP contribution in [0.1, 0.15) is 29.3 Å². The number of rotatable bonds is 0. The number of hydrogen-bond acceptors (Lipinski definition) is 3. The predicted molar refractivity (Wildman–Crippen MR) is 52.9 cm³/mol. The van der Waals surface area contributed by atoms with E-state index < -0.39 is 0 Å². The van der Waals surface area contributed by atoms with Crippen LogP contribution in [0.5, 0.6) is 0 Å². The maximum Gasteiger partial charge on any atom is 0.164 e. The molecule has 0 saturated carbocycles. The molecule has 0 radical (unpaired) electrons. The van der Waals surface area contributed by atoms with Crippen LogP contribution in [-0.2, 0) is 0 Å². The number of benzene rings is 1. The normalized spacial score (nSPS) is 23.6. The molecule has 3 nitrogen and oxygen atoms in total. The van der Waals surface area contributed by atoms with Gasteiger partial charge in [0, 0.05) is 23.5 Å². The van der Waals surface area contributed by atoms with Crippen molar-refractivity contribution < 1.29 is 10.0 Å². The maximum absolute atomic E-state index is 11.6. The number of carbonyl (C=O) groups is 1. The number of nitrogens with zero attached hydrogens (tertiary/aromatic N) is 1. The minimum Gasteiger partial charge on any atom is -0.411 e. The lowest BCUT2D eigenvalue weighted by Crippen LogP contribution is -2.25. The number of hydrogen-bond donors (Lipinski definition) is 1. The van der Waals surface area contributed by atoms with Crippen LogP contribution in [0, 0.1) is 5.92 Å². The van der Waals surface area contributed by atoms with E-state index in [0.717, 1.165) is 5.56 Å². The van der Waals surface area contributed by atoms with Crippen LogP contribution in [0.2, 0.25) is 0 Å². The second kappa shape index (κ2) is 3.25. The summed E-state index contributed by atoms with van der Waals surface area (Å²) in [7, 11) is 0. The Balaban J connectivity index is 2.62. The first-order valence-electron chi connectivity index (χ1n) is 4.58. The Morgan fingerprint density at radius 3 is 2.64 bits per heavy atom. The van der Waals surface area contributed by atoms with E-state index in [9.17, 15) is 4.79 Å². The summed E-state index contributed by atoms with van der Waals surface area (Å²) in [6.07, 6.45) is 0.427. The second-order valence-electron chi connectivity index (χ2n) is 3.56. The van der Waals surface area contributed by atoms with Crippen molar-refractivity contribution >= 4 is 11.5 Å². The summed E-state index contributed by atoms with van der Waals surface area (Å²) < 4.78 is 0. The highest BCUT2D eigenvalue weighted by Crippen LogP contribution is 2.25. The Morgan fingerprint density at radius 1 is 1.36 bits per heavy atom. The van der Waals surface area contributed by atoms with E-state index in [0.29, 0.717) is 17.7 Å². The van der Waals surface area contributed by atoms with Gasteiger partial charge in [-0.2, -0.15) is 0 Å². The van der Waals surface area contributed by atoms with Crippen LogP contribution in [0.15, 0.2) is 29.4 Å². The molecule has 1 aliphatic carbocycles. The van der Waals surface area contributed by atoms with Crippen molar-refractivity contribution in [2.24, 2.45) is 11.1 Å². The van der Waals surface area contributed by atoms with Crippen molar-refractivity contribution in [3.8, 4) is 0 Å². The third-order valence-corrected chi connectivity index (χ3v) is 2.57. The Morgan fingerprint density at radius 2 is 2.00 bits per heavy atom. The quantitative estimate of drug-likeness (QED) is 0.501. The molecule has 2 rings (SSSR count). The van der Waals surface area contributed by atoms with E-state index in [1.165, 1.54) is 0 Å². The predicted octanol–water partition coefficient (Wildman–Crippen LogP) is 2.09. The summed E-state index contributed by atoms with van der Waals surface area (Å²) in [6.45, 7) is 1.89. The van der Waals surface area contributed by atoms with E-state index in [4.69, 9.17) is 5.21 Å². The van der Waals surface area contributed by atoms with Crippen LogP contribution in [0.4, 0.5) is 0 Å². The van der Waals surface area contributed by atoms with Gasteiger partial charge in [0.25, 0.3) is 0 Å². The molecule has 72 valence electrons. The SMILES string of the molecule is CC1CC(=O)c2ccccc2/C1=N/O. The van der Waals surface area contributed by atoms with Gasteiger partial charge in [0.1, 0.15) is 0 Å². The number of oxime groups is 1. The molecule has 0 fully saturated rings. The van der Waals surface area contributed by atoms with Gasteiger partial charge in [-0.05, 0) is 0 Å². The summed E-state index contributed by atoms with van der Waals surface area (Å²) in [5.74, 6) is 0.128. The van der Waals surface area contributed by atoms with Crippen molar-refractivity contribution in [1.82, 2.24) is 0 Å². The first-order valence-corrected chi connectivity index (χ1v) is 4.58. The highest BCUT2D eigenvalue weighted by molar-refractivity contribution is 6.16. The zero-order chi connectivity index (χ0) is 10.1. The van der Waals surface area contributed by atoms with E-state index in [-0.39, 0.29) is 11.7 Å². The third kappa shape index (κ3) is 1.21. The molecule has 0 aliphatic heterocycles. The molecule has 1 aromatic carbocycles. The topological polar surface area (TPSA) is 49.7 Å². The average molecular weight is 189 g/mol. The second-order valence-corrected chi connectivity index (χ2v) is 3.56. The van der Waals surface area contributed by atoms with E-state index >= 15 is 0 Å². The molecule has 1 atom stereocenters. The van der Waals surface area contributed by atoms with Crippen molar-refractivity contribution in [2.75, 3.05) is 0 Å². The van der Waals surface area contributed by atoms with Gasteiger partial charge >= 0.3 is 0 Å². The average Bonchev–Trinajstić information content (AvgIpc) is 2.18. The maximum atomic E-state index is 11.6. The summed E-state index contributed by atoms with van der Waals surface area (Å²) >= 11 is 0. The van der Waals surface area contributed by atoms with Crippen LogP contribution < -0.4 is 0 Å². The van der Waals surface area contributed by atoms with Crippen LogP contribution in [0.25, 0.3) is 0 Å². The fraction of sp³-hybridized carbons (Fsp3) is 0.273. The highest BCUT2D eigenvalue weighted by Gasteiger charge is 2.27. The first kappa shape index (κ1) is 8.94. The lowest BCUT2D eigenvalue weighted by molar-refractivity contribution is 0.0969. The summed E-state index contributed by atoms with van der Waals surface area (Å²) in [4.78, 5) is 11.6. The Bertz CT molecular complexity index is 410. The fourth-order valence-corrected chi connectivity index (χ4v) is 1.85. The Hall–Kier alpha value is -1.64. The van der Waals surface area contributed by atoms with Crippen molar-refractivity contribution in [2.45, 2.75) is 13.3 Å². The zero-order valence-corrected chi connectivity index (χ0v) is 7.90. The molecule has 1 N–H and O–H groups in total. The van der Waals surface area contributed by atoms with Gasteiger partial charge in [-0.15, -0.1) is 0 Å². The number of Topliss-reactive ketones (excluding diaryl/α,β-unsaturated/α-hetero) is 1.